The first-order valence-corrected chi connectivity index (χ1v) is 9.46. The molecule has 0 aromatic heterocycles. The van der Waals surface area contributed by atoms with Crippen molar-refractivity contribution in [3.05, 3.63) is 41.5 Å². The molecule has 8 heteroatoms. The van der Waals surface area contributed by atoms with Crippen LogP contribution in [0.4, 0.5) is 0 Å². The van der Waals surface area contributed by atoms with E-state index in [1.165, 1.54) is 12.1 Å². The van der Waals surface area contributed by atoms with Crippen molar-refractivity contribution in [2.45, 2.75) is 25.5 Å². The van der Waals surface area contributed by atoms with Gasteiger partial charge in [0, 0.05) is 25.3 Å². The summed E-state index contributed by atoms with van der Waals surface area (Å²) in [6, 6.07) is 8.32. The number of nitrogens with one attached hydrogen (secondary N) is 1. The molecule has 2 aliphatic rings. The zero-order valence-corrected chi connectivity index (χ0v) is 16.1. The highest BCUT2D eigenvalue weighted by molar-refractivity contribution is 5.97. The second kappa shape index (κ2) is 8.48. The Morgan fingerprint density at radius 1 is 1.21 bits per heavy atom. The summed E-state index contributed by atoms with van der Waals surface area (Å²) in [6.45, 7) is 1.59. The van der Waals surface area contributed by atoms with Crippen molar-refractivity contribution in [1.29, 1.82) is 0 Å². The third kappa shape index (κ3) is 4.32. The highest BCUT2D eigenvalue weighted by Gasteiger charge is 2.21. The van der Waals surface area contributed by atoms with Gasteiger partial charge < -0.3 is 34.1 Å². The molecule has 2 aromatic carbocycles. The van der Waals surface area contributed by atoms with Gasteiger partial charge in [0.05, 0.1) is 18.8 Å². The zero-order chi connectivity index (χ0) is 20.2. The van der Waals surface area contributed by atoms with E-state index in [0.29, 0.717) is 29.6 Å². The Hall–Kier alpha value is -3.13. The Morgan fingerprint density at radius 2 is 2.03 bits per heavy atom. The SMILES string of the molecule is COc1cc(CNC(=O)c2cc3c(cc2O)OCO3)ccc1OC[C@@H]1CCCO1. The quantitative estimate of drug-likeness (QED) is 0.736. The number of phenolic OH excluding ortho intramolecular Hbond substituents is 1. The largest absolute Gasteiger partial charge is 0.507 e. The first kappa shape index (κ1) is 19.2. The van der Waals surface area contributed by atoms with E-state index in [1.54, 1.807) is 7.11 Å². The minimum absolute atomic E-state index is 0.0704. The first-order chi connectivity index (χ1) is 14.1. The maximum atomic E-state index is 12.5. The van der Waals surface area contributed by atoms with Gasteiger partial charge >= 0.3 is 0 Å². The standard InChI is InChI=1S/C21H23NO7/c1-25-18-7-13(4-5-17(18)27-11-14-3-2-6-26-14)10-22-21(24)15-8-19-20(9-16(15)23)29-12-28-19/h4-5,7-9,14,23H,2-3,6,10-12H2,1H3,(H,22,24)/t14-/m0/s1. The van der Waals surface area contributed by atoms with Crippen LogP contribution in [-0.2, 0) is 11.3 Å². The second-order valence-corrected chi connectivity index (χ2v) is 6.84. The second-order valence-electron chi connectivity index (χ2n) is 6.84. The molecular weight excluding hydrogens is 378 g/mol. The normalized spacial score (nSPS) is 17.2. The van der Waals surface area contributed by atoms with Gasteiger partial charge in [-0.3, -0.25) is 4.79 Å². The van der Waals surface area contributed by atoms with Crippen molar-refractivity contribution in [1.82, 2.24) is 5.32 Å². The van der Waals surface area contributed by atoms with E-state index >= 15 is 0 Å². The van der Waals surface area contributed by atoms with Crippen molar-refractivity contribution in [2.24, 2.45) is 0 Å². The fraction of sp³-hybridized carbons (Fsp3) is 0.381. The van der Waals surface area contributed by atoms with Crippen molar-refractivity contribution < 1.29 is 33.6 Å². The Morgan fingerprint density at radius 3 is 2.79 bits per heavy atom. The van der Waals surface area contributed by atoms with Gasteiger partial charge in [0.15, 0.2) is 23.0 Å². The first-order valence-electron chi connectivity index (χ1n) is 9.46. The van der Waals surface area contributed by atoms with Crippen LogP contribution >= 0.6 is 0 Å². The molecule has 0 aliphatic carbocycles. The van der Waals surface area contributed by atoms with Gasteiger partial charge in [-0.2, -0.15) is 0 Å². The van der Waals surface area contributed by atoms with E-state index in [1.807, 2.05) is 18.2 Å². The molecule has 1 atom stereocenters. The van der Waals surface area contributed by atoms with E-state index in [9.17, 15) is 9.90 Å². The van der Waals surface area contributed by atoms with Crippen molar-refractivity contribution in [2.75, 3.05) is 27.1 Å². The topological polar surface area (TPSA) is 95.5 Å². The molecule has 0 saturated carbocycles. The molecule has 2 aromatic rings. The van der Waals surface area contributed by atoms with Crippen molar-refractivity contribution in [3.8, 4) is 28.7 Å². The number of methoxy groups -OCH3 is 1. The monoisotopic (exact) mass is 401 g/mol. The number of carbonyl (C=O) groups excluding carboxylic acids is 1. The molecule has 0 radical (unpaired) electrons. The highest BCUT2D eigenvalue weighted by Crippen LogP contribution is 2.37. The van der Waals surface area contributed by atoms with E-state index in [2.05, 4.69) is 5.32 Å². The van der Waals surface area contributed by atoms with Gasteiger partial charge in [-0.25, -0.2) is 0 Å². The maximum absolute atomic E-state index is 12.5. The van der Waals surface area contributed by atoms with Crippen LogP contribution < -0.4 is 24.3 Å². The molecule has 0 unspecified atom stereocenters. The number of carbonyl (C=O) groups is 1. The smallest absolute Gasteiger partial charge is 0.255 e. The summed E-state index contributed by atoms with van der Waals surface area (Å²) in [5.74, 6) is 1.48. The Balaban J connectivity index is 1.38. The van der Waals surface area contributed by atoms with Crippen molar-refractivity contribution >= 4 is 5.91 Å². The number of rotatable bonds is 7. The van der Waals surface area contributed by atoms with E-state index in [0.717, 1.165) is 25.0 Å². The Bertz CT molecular complexity index is 893. The summed E-state index contributed by atoms with van der Waals surface area (Å²) in [4.78, 5) is 12.5. The molecular formula is C21H23NO7. The molecule has 1 amide bonds. The van der Waals surface area contributed by atoms with E-state index in [-0.39, 0.29) is 30.8 Å². The molecule has 2 heterocycles. The van der Waals surface area contributed by atoms with Gasteiger partial charge in [-0.1, -0.05) is 6.07 Å². The van der Waals surface area contributed by atoms with Gasteiger partial charge in [0.2, 0.25) is 6.79 Å². The molecule has 154 valence electrons. The van der Waals surface area contributed by atoms with Crippen LogP contribution in [0.5, 0.6) is 28.7 Å². The number of aromatic hydroxyl groups is 1. The minimum atomic E-state index is -0.418. The van der Waals surface area contributed by atoms with Gasteiger partial charge in [0.25, 0.3) is 5.91 Å². The predicted octanol–water partition coefficient (Wildman–Crippen LogP) is 2.62. The third-order valence-electron chi connectivity index (χ3n) is 4.87. The fourth-order valence-electron chi connectivity index (χ4n) is 3.29. The lowest BCUT2D eigenvalue weighted by Crippen LogP contribution is -2.23. The Kier molecular flexibility index (Phi) is 5.62. The molecule has 4 rings (SSSR count). The number of fused-ring (bicyclic) bond motifs is 1. The van der Waals surface area contributed by atoms with E-state index in [4.69, 9.17) is 23.7 Å². The number of ether oxygens (including phenoxy) is 5. The zero-order valence-electron chi connectivity index (χ0n) is 16.1. The number of hydrogen-bond acceptors (Lipinski definition) is 7. The third-order valence-corrected chi connectivity index (χ3v) is 4.87. The minimum Gasteiger partial charge on any atom is -0.507 e. The average Bonchev–Trinajstić information content (AvgIpc) is 3.41. The number of hydrogen-bond donors (Lipinski definition) is 2. The van der Waals surface area contributed by atoms with Gasteiger partial charge in [-0.05, 0) is 30.5 Å². The summed E-state index contributed by atoms with van der Waals surface area (Å²) in [5.41, 5.74) is 0.956. The summed E-state index contributed by atoms with van der Waals surface area (Å²) in [5, 5.41) is 12.8. The molecule has 1 fully saturated rings. The lowest BCUT2D eigenvalue weighted by molar-refractivity contribution is 0.0669. The van der Waals surface area contributed by atoms with Crippen LogP contribution in [0.25, 0.3) is 0 Å². The van der Waals surface area contributed by atoms with Crippen molar-refractivity contribution in [3.63, 3.8) is 0 Å². The molecule has 2 N–H and O–H groups in total. The molecule has 2 aliphatic heterocycles. The van der Waals surface area contributed by atoms with Gasteiger partial charge in [-0.15, -0.1) is 0 Å². The lowest BCUT2D eigenvalue weighted by atomic mass is 10.1. The Labute approximate surface area is 168 Å². The lowest BCUT2D eigenvalue weighted by Gasteiger charge is -2.15. The van der Waals surface area contributed by atoms with E-state index < -0.39 is 5.91 Å². The summed E-state index contributed by atoms with van der Waals surface area (Å²) in [7, 11) is 1.57. The van der Waals surface area contributed by atoms with Crippen LogP contribution in [0.3, 0.4) is 0 Å². The van der Waals surface area contributed by atoms with Crippen LogP contribution in [0.2, 0.25) is 0 Å². The number of benzene rings is 2. The summed E-state index contributed by atoms with van der Waals surface area (Å²) < 4.78 is 27.2. The average molecular weight is 401 g/mol. The summed E-state index contributed by atoms with van der Waals surface area (Å²) in [6.07, 6.45) is 2.18. The van der Waals surface area contributed by atoms with Crippen LogP contribution in [0.1, 0.15) is 28.8 Å². The fourth-order valence-corrected chi connectivity index (χ4v) is 3.29. The maximum Gasteiger partial charge on any atom is 0.255 e. The molecule has 29 heavy (non-hydrogen) atoms. The number of amides is 1. The summed E-state index contributed by atoms with van der Waals surface area (Å²) >= 11 is 0. The predicted molar refractivity (Wildman–Crippen MR) is 103 cm³/mol. The number of phenols is 1. The van der Waals surface area contributed by atoms with Crippen LogP contribution in [-0.4, -0.2) is 44.2 Å². The van der Waals surface area contributed by atoms with Crippen LogP contribution in [0.15, 0.2) is 30.3 Å². The molecule has 0 bridgehead atoms. The highest BCUT2D eigenvalue weighted by atomic mass is 16.7. The molecule has 0 spiro atoms. The van der Waals surface area contributed by atoms with Crippen LogP contribution in [0, 0.1) is 0 Å². The van der Waals surface area contributed by atoms with Gasteiger partial charge in [0.1, 0.15) is 12.4 Å². The molecule has 8 nitrogen and oxygen atoms in total. The molecule has 1 saturated heterocycles.